The van der Waals surface area contributed by atoms with Gasteiger partial charge in [0.15, 0.2) is 5.65 Å². The van der Waals surface area contributed by atoms with E-state index < -0.39 is 0 Å². The molecule has 0 unspecified atom stereocenters. The van der Waals surface area contributed by atoms with Crippen LogP contribution in [0.4, 0.5) is 11.6 Å². The first-order valence-electron chi connectivity index (χ1n) is 10.4. The minimum absolute atomic E-state index is 0.570. The highest BCUT2D eigenvalue weighted by molar-refractivity contribution is 5.67. The molecule has 28 heavy (non-hydrogen) atoms. The predicted octanol–water partition coefficient (Wildman–Crippen LogP) is 3.71. The van der Waals surface area contributed by atoms with E-state index in [4.69, 9.17) is 20.1 Å². The highest BCUT2D eigenvalue weighted by Gasteiger charge is 2.28. The van der Waals surface area contributed by atoms with E-state index in [9.17, 15) is 0 Å². The lowest BCUT2D eigenvalue weighted by atomic mass is 10.1. The second-order valence-corrected chi connectivity index (χ2v) is 7.93. The van der Waals surface area contributed by atoms with E-state index in [1.54, 1.807) is 0 Å². The lowest BCUT2D eigenvalue weighted by molar-refractivity contribution is 0.890. The van der Waals surface area contributed by atoms with Gasteiger partial charge in [0.05, 0.1) is 17.1 Å². The molecule has 1 saturated heterocycles. The molecule has 3 aromatic heterocycles. The average molecular weight is 377 g/mol. The van der Waals surface area contributed by atoms with Crippen molar-refractivity contribution in [3.63, 3.8) is 0 Å². The molecule has 4 heterocycles. The fourth-order valence-electron chi connectivity index (χ4n) is 4.12. The average Bonchev–Trinajstić information content (AvgIpc) is 3.18. The van der Waals surface area contributed by atoms with Crippen LogP contribution in [0.3, 0.4) is 0 Å². The Bertz CT molecular complexity index is 1030. The van der Waals surface area contributed by atoms with Crippen molar-refractivity contribution in [3.05, 3.63) is 29.2 Å². The summed E-state index contributed by atoms with van der Waals surface area (Å²) in [4.78, 5) is 17.0. The topological polar surface area (TPSA) is 71.2 Å². The van der Waals surface area contributed by atoms with Gasteiger partial charge in [-0.2, -0.15) is 9.61 Å². The van der Waals surface area contributed by atoms with Gasteiger partial charge in [0.1, 0.15) is 23.0 Å². The number of anilines is 2. The van der Waals surface area contributed by atoms with Gasteiger partial charge in [0, 0.05) is 37.7 Å². The van der Waals surface area contributed by atoms with Crippen molar-refractivity contribution in [2.75, 3.05) is 29.9 Å². The third-order valence-corrected chi connectivity index (χ3v) is 5.69. The minimum atomic E-state index is 0.570. The Labute approximate surface area is 165 Å². The summed E-state index contributed by atoms with van der Waals surface area (Å²) in [6, 6.07) is 4.16. The Morgan fingerprint density at radius 3 is 2.54 bits per heavy atom. The maximum absolute atomic E-state index is 4.98. The van der Waals surface area contributed by atoms with Gasteiger partial charge in [-0.15, -0.1) is 0 Å². The van der Waals surface area contributed by atoms with Crippen molar-refractivity contribution in [3.8, 4) is 11.4 Å². The van der Waals surface area contributed by atoms with Crippen LogP contribution in [0.25, 0.3) is 17.0 Å². The molecular weight excluding hydrogens is 350 g/mol. The fraction of sp³-hybridized carbons (Fsp3) is 0.524. The van der Waals surface area contributed by atoms with Crippen LogP contribution in [0, 0.1) is 13.8 Å². The summed E-state index contributed by atoms with van der Waals surface area (Å²) in [5, 5.41) is 8.29. The van der Waals surface area contributed by atoms with Crippen LogP contribution in [-0.2, 0) is 0 Å². The zero-order valence-corrected chi connectivity index (χ0v) is 16.9. The molecule has 1 N–H and O–H groups in total. The molecule has 0 amide bonds. The SMILES string of the molecule is CCNc1cc(N2CCCC2)nc2cc(-c3nc(C4CC4)c(C)nc3C)nn12. The Morgan fingerprint density at radius 2 is 1.82 bits per heavy atom. The molecule has 1 aliphatic carbocycles. The molecule has 1 saturated carbocycles. The summed E-state index contributed by atoms with van der Waals surface area (Å²) < 4.78 is 1.90. The first-order chi connectivity index (χ1) is 13.6. The van der Waals surface area contributed by atoms with Gasteiger partial charge < -0.3 is 10.2 Å². The third-order valence-electron chi connectivity index (χ3n) is 5.69. The number of fused-ring (bicyclic) bond motifs is 1. The summed E-state index contributed by atoms with van der Waals surface area (Å²) in [6.45, 7) is 9.16. The van der Waals surface area contributed by atoms with Crippen LogP contribution in [0.2, 0.25) is 0 Å². The fourth-order valence-corrected chi connectivity index (χ4v) is 4.12. The Balaban J connectivity index is 1.63. The van der Waals surface area contributed by atoms with Crippen LogP contribution < -0.4 is 10.2 Å². The first-order valence-corrected chi connectivity index (χ1v) is 10.4. The van der Waals surface area contributed by atoms with Crippen molar-refractivity contribution >= 4 is 17.3 Å². The van der Waals surface area contributed by atoms with Gasteiger partial charge in [-0.1, -0.05) is 0 Å². The zero-order valence-electron chi connectivity index (χ0n) is 16.9. The smallest absolute Gasteiger partial charge is 0.160 e. The number of hydrogen-bond acceptors (Lipinski definition) is 6. The van der Waals surface area contributed by atoms with E-state index >= 15 is 0 Å². The van der Waals surface area contributed by atoms with E-state index in [2.05, 4.69) is 30.1 Å². The van der Waals surface area contributed by atoms with Crippen LogP contribution in [0.1, 0.15) is 55.6 Å². The number of aromatic nitrogens is 5. The van der Waals surface area contributed by atoms with Crippen molar-refractivity contribution in [2.45, 2.75) is 52.4 Å². The van der Waals surface area contributed by atoms with E-state index in [0.717, 1.165) is 65.4 Å². The molecule has 0 bridgehead atoms. The number of rotatable bonds is 5. The Hall–Kier alpha value is -2.70. The summed E-state index contributed by atoms with van der Waals surface area (Å²) >= 11 is 0. The lowest BCUT2D eigenvalue weighted by Crippen LogP contribution is -2.20. The second kappa shape index (κ2) is 6.72. The Kier molecular flexibility index (Phi) is 4.18. The summed E-state index contributed by atoms with van der Waals surface area (Å²) in [7, 11) is 0. The quantitative estimate of drug-likeness (QED) is 0.731. The van der Waals surface area contributed by atoms with Crippen LogP contribution in [0.15, 0.2) is 12.1 Å². The zero-order chi connectivity index (χ0) is 19.3. The van der Waals surface area contributed by atoms with Crippen LogP contribution in [0.5, 0.6) is 0 Å². The number of aryl methyl sites for hydroxylation is 2. The molecule has 7 heteroatoms. The monoisotopic (exact) mass is 377 g/mol. The normalized spacial score (nSPS) is 16.9. The third kappa shape index (κ3) is 2.99. The summed E-state index contributed by atoms with van der Waals surface area (Å²) in [6.07, 6.45) is 4.90. The number of nitrogens with zero attached hydrogens (tertiary/aromatic N) is 6. The van der Waals surface area contributed by atoms with Gasteiger partial charge >= 0.3 is 0 Å². The summed E-state index contributed by atoms with van der Waals surface area (Å²) in [5.41, 5.74) is 5.69. The van der Waals surface area contributed by atoms with E-state index in [0.29, 0.717) is 5.92 Å². The van der Waals surface area contributed by atoms with E-state index in [1.807, 2.05) is 17.5 Å². The van der Waals surface area contributed by atoms with Gasteiger partial charge in [0.2, 0.25) is 0 Å². The molecule has 0 atom stereocenters. The van der Waals surface area contributed by atoms with Gasteiger partial charge in [0.25, 0.3) is 0 Å². The molecule has 7 nitrogen and oxygen atoms in total. The van der Waals surface area contributed by atoms with E-state index in [-0.39, 0.29) is 0 Å². The molecular formula is C21H27N7. The maximum atomic E-state index is 4.98. The molecule has 2 fully saturated rings. The number of hydrogen-bond donors (Lipinski definition) is 1. The minimum Gasteiger partial charge on any atom is -0.370 e. The van der Waals surface area contributed by atoms with Crippen molar-refractivity contribution in [1.82, 2.24) is 24.6 Å². The van der Waals surface area contributed by atoms with Gasteiger partial charge in [-0.05, 0) is 46.5 Å². The molecule has 3 aromatic rings. The van der Waals surface area contributed by atoms with E-state index in [1.165, 1.54) is 25.7 Å². The Morgan fingerprint density at radius 1 is 1.04 bits per heavy atom. The summed E-state index contributed by atoms with van der Waals surface area (Å²) in [5.74, 6) is 2.57. The highest BCUT2D eigenvalue weighted by Crippen LogP contribution is 2.41. The molecule has 0 radical (unpaired) electrons. The molecule has 1 aliphatic heterocycles. The molecule has 5 rings (SSSR count). The standard InChI is InChI=1S/C21H27N7/c1-4-22-17-12-18(27-9-5-6-10-27)24-19-11-16(26-28(17)19)21-14(3)23-13(2)20(25-21)15-7-8-15/h11-12,15,22H,4-10H2,1-3H3. The molecule has 0 spiro atoms. The molecule has 146 valence electrons. The highest BCUT2D eigenvalue weighted by atomic mass is 15.3. The van der Waals surface area contributed by atoms with Crippen LogP contribution in [-0.4, -0.2) is 44.2 Å². The van der Waals surface area contributed by atoms with Crippen molar-refractivity contribution in [2.24, 2.45) is 0 Å². The molecule has 2 aliphatic rings. The maximum Gasteiger partial charge on any atom is 0.160 e. The second-order valence-electron chi connectivity index (χ2n) is 7.93. The molecule has 0 aromatic carbocycles. The number of nitrogens with one attached hydrogen (secondary N) is 1. The van der Waals surface area contributed by atoms with Gasteiger partial charge in [-0.3, -0.25) is 4.98 Å². The lowest BCUT2D eigenvalue weighted by Gasteiger charge is -2.18. The largest absolute Gasteiger partial charge is 0.370 e. The van der Waals surface area contributed by atoms with Crippen LogP contribution >= 0.6 is 0 Å². The van der Waals surface area contributed by atoms with Crippen molar-refractivity contribution in [1.29, 1.82) is 0 Å². The van der Waals surface area contributed by atoms with Crippen molar-refractivity contribution < 1.29 is 0 Å². The predicted molar refractivity (Wildman–Crippen MR) is 111 cm³/mol. The first kappa shape index (κ1) is 17.4. The van der Waals surface area contributed by atoms with Gasteiger partial charge in [-0.25, -0.2) is 9.97 Å².